The summed E-state index contributed by atoms with van der Waals surface area (Å²) in [5, 5.41) is 0. The fraction of sp³-hybridized carbons (Fsp3) is 0.350. The zero-order valence-corrected chi connectivity index (χ0v) is 29.5. The largest absolute Gasteiger partial charge is 0.494 e. The van der Waals surface area contributed by atoms with Crippen LogP contribution in [0.25, 0.3) is 0 Å². The number of carbonyl (C=O) groups is 4. The van der Waals surface area contributed by atoms with Crippen LogP contribution in [0.3, 0.4) is 0 Å². The van der Waals surface area contributed by atoms with Crippen molar-refractivity contribution in [3.63, 3.8) is 0 Å². The molecule has 0 amide bonds. The zero-order valence-electron chi connectivity index (χ0n) is 29.5. The summed E-state index contributed by atoms with van der Waals surface area (Å²) in [7, 11) is 0. The average molecular weight is 723 g/mol. The van der Waals surface area contributed by atoms with Gasteiger partial charge in [-0.15, -0.1) is 0 Å². The lowest BCUT2D eigenvalue weighted by Gasteiger charge is -2.11. The minimum Gasteiger partial charge on any atom is -0.494 e. The topological polar surface area (TPSA) is 124 Å². The van der Waals surface area contributed by atoms with Crippen LogP contribution in [0.2, 0.25) is 0 Å². The van der Waals surface area contributed by atoms with Crippen LogP contribution in [0.4, 0.5) is 8.78 Å². The predicted octanol–water partition coefficient (Wildman–Crippen LogP) is 8.52. The van der Waals surface area contributed by atoms with Gasteiger partial charge in [-0.3, -0.25) is 0 Å². The Kier molecular flexibility index (Phi) is 17.0. The highest BCUT2D eigenvalue weighted by atomic mass is 19.1. The zero-order chi connectivity index (χ0) is 37.9. The fourth-order valence-electron chi connectivity index (χ4n) is 4.43. The maximum Gasteiger partial charge on any atom is 0.343 e. The Hall–Kier alpha value is -5.52. The summed E-state index contributed by atoms with van der Waals surface area (Å²) >= 11 is 0. The van der Waals surface area contributed by atoms with Gasteiger partial charge in [0.2, 0.25) is 0 Å². The van der Waals surface area contributed by atoms with Gasteiger partial charge in [-0.05, 0) is 114 Å². The molecular weight excluding hydrogens is 678 g/mol. The number of unbranched alkanes of at least 4 members (excludes halogenated alkanes) is 6. The standard InChI is InChI=1S/C40H44F2O10/c1-27(2)37(43)49-23-11-7-5-9-21-47-31-17-13-29(14-18-31)39(45)51-35-25-34(42)36(26-33(35)41)52-40(46)30-15-19-32(20-16-30)48-22-10-6-8-12-24-50-38(44)28(3)4/h13-20,25-26H,1,3,5-12,21-24H2,2,4H3. The molecule has 3 rings (SSSR count). The van der Waals surface area contributed by atoms with Gasteiger partial charge in [0.25, 0.3) is 0 Å². The van der Waals surface area contributed by atoms with Crippen LogP contribution in [0.15, 0.2) is 85.0 Å². The lowest BCUT2D eigenvalue weighted by molar-refractivity contribution is -0.139. The molecule has 0 spiro atoms. The minimum absolute atomic E-state index is 0.0817. The molecular formula is C40H44F2O10. The van der Waals surface area contributed by atoms with E-state index in [1.165, 1.54) is 24.3 Å². The Morgan fingerprint density at radius 1 is 0.519 bits per heavy atom. The van der Waals surface area contributed by atoms with Crippen molar-refractivity contribution < 1.29 is 56.4 Å². The van der Waals surface area contributed by atoms with Crippen molar-refractivity contribution in [1.82, 2.24) is 0 Å². The lowest BCUT2D eigenvalue weighted by Crippen LogP contribution is -2.12. The molecule has 0 heterocycles. The van der Waals surface area contributed by atoms with Crippen LogP contribution in [0.5, 0.6) is 23.0 Å². The fourth-order valence-corrected chi connectivity index (χ4v) is 4.43. The Morgan fingerprint density at radius 3 is 1.17 bits per heavy atom. The molecule has 3 aromatic rings. The molecule has 0 radical (unpaired) electrons. The molecule has 0 aromatic heterocycles. The third-order valence-electron chi connectivity index (χ3n) is 7.35. The van der Waals surface area contributed by atoms with Gasteiger partial charge in [-0.25, -0.2) is 28.0 Å². The number of hydrogen-bond donors (Lipinski definition) is 0. The van der Waals surface area contributed by atoms with Crippen LogP contribution in [0, 0.1) is 11.6 Å². The number of hydrogen-bond acceptors (Lipinski definition) is 10. The van der Waals surface area contributed by atoms with E-state index in [-0.39, 0.29) is 11.1 Å². The van der Waals surface area contributed by atoms with E-state index in [1.54, 1.807) is 38.1 Å². The Labute approximate surface area is 302 Å². The van der Waals surface area contributed by atoms with E-state index in [2.05, 4.69) is 13.2 Å². The van der Waals surface area contributed by atoms with Gasteiger partial charge in [0.15, 0.2) is 23.1 Å². The second-order valence-electron chi connectivity index (χ2n) is 11.9. The second kappa shape index (κ2) is 21.6. The Balaban J connectivity index is 1.38. The first kappa shape index (κ1) is 40.9. The van der Waals surface area contributed by atoms with Gasteiger partial charge in [0.05, 0.1) is 37.6 Å². The highest BCUT2D eigenvalue weighted by molar-refractivity contribution is 5.92. The summed E-state index contributed by atoms with van der Waals surface area (Å²) in [6.07, 6.45) is 6.51. The van der Waals surface area contributed by atoms with E-state index < -0.39 is 47.0 Å². The molecule has 278 valence electrons. The summed E-state index contributed by atoms with van der Waals surface area (Å²) < 4.78 is 61.1. The summed E-state index contributed by atoms with van der Waals surface area (Å²) in [6.45, 7) is 11.8. The molecule has 0 aliphatic heterocycles. The minimum atomic E-state index is -1.11. The highest BCUT2D eigenvalue weighted by Gasteiger charge is 2.19. The summed E-state index contributed by atoms with van der Waals surface area (Å²) in [5.74, 6) is -5.18. The number of rotatable bonds is 22. The lowest BCUT2D eigenvalue weighted by atomic mass is 10.2. The van der Waals surface area contributed by atoms with Gasteiger partial charge in [0, 0.05) is 23.3 Å². The van der Waals surface area contributed by atoms with Gasteiger partial charge in [0.1, 0.15) is 11.5 Å². The van der Waals surface area contributed by atoms with Crippen LogP contribution in [-0.4, -0.2) is 50.3 Å². The van der Waals surface area contributed by atoms with Crippen molar-refractivity contribution in [2.45, 2.75) is 65.2 Å². The van der Waals surface area contributed by atoms with Gasteiger partial charge >= 0.3 is 23.9 Å². The summed E-state index contributed by atoms with van der Waals surface area (Å²) in [5.41, 5.74) is 0.900. The third kappa shape index (κ3) is 14.4. The van der Waals surface area contributed by atoms with Crippen LogP contribution < -0.4 is 18.9 Å². The number of ether oxygens (including phenoxy) is 6. The summed E-state index contributed by atoms with van der Waals surface area (Å²) in [6, 6.07) is 13.2. The molecule has 10 nitrogen and oxygen atoms in total. The molecule has 0 aliphatic rings. The van der Waals surface area contributed by atoms with Crippen LogP contribution in [-0.2, 0) is 19.1 Å². The van der Waals surface area contributed by atoms with Crippen molar-refractivity contribution in [2.75, 3.05) is 26.4 Å². The van der Waals surface area contributed by atoms with Crippen molar-refractivity contribution in [3.05, 3.63) is 108 Å². The first-order valence-corrected chi connectivity index (χ1v) is 17.0. The molecule has 0 fully saturated rings. The molecule has 3 aromatic carbocycles. The Bertz CT molecular complexity index is 1560. The second-order valence-corrected chi connectivity index (χ2v) is 11.9. The predicted molar refractivity (Wildman–Crippen MR) is 189 cm³/mol. The normalized spacial score (nSPS) is 10.5. The monoisotopic (exact) mass is 722 g/mol. The van der Waals surface area contributed by atoms with Gasteiger partial charge in [-0.2, -0.15) is 0 Å². The van der Waals surface area contributed by atoms with Crippen molar-refractivity contribution in [1.29, 1.82) is 0 Å². The van der Waals surface area contributed by atoms with E-state index >= 15 is 0 Å². The number of halogens is 2. The maximum atomic E-state index is 14.8. The van der Waals surface area contributed by atoms with E-state index in [9.17, 15) is 28.0 Å². The Morgan fingerprint density at radius 2 is 0.846 bits per heavy atom. The van der Waals surface area contributed by atoms with E-state index in [0.29, 0.717) is 61.2 Å². The molecule has 0 atom stereocenters. The summed E-state index contributed by atoms with van der Waals surface area (Å²) in [4.78, 5) is 47.9. The molecule has 0 saturated carbocycles. The average Bonchev–Trinajstić information content (AvgIpc) is 3.12. The van der Waals surface area contributed by atoms with E-state index in [0.717, 1.165) is 51.4 Å². The molecule has 0 bridgehead atoms. The number of carbonyl (C=O) groups excluding carboxylic acids is 4. The number of benzene rings is 3. The molecule has 0 unspecified atom stereocenters. The molecule has 52 heavy (non-hydrogen) atoms. The number of esters is 4. The van der Waals surface area contributed by atoms with Crippen molar-refractivity contribution in [2.24, 2.45) is 0 Å². The van der Waals surface area contributed by atoms with Crippen molar-refractivity contribution in [3.8, 4) is 23.0 Å². The van der Waals surface area contributed by atoms with E-state index in [1.807, 2.05) is 0 Å². The van der Waals surface area contributed by atoms with Crippen LogP contribution >= 0.6 is 0 Å². The highest BCUT2D eigenvalue weighted by Crippen LogP contribution is 2.28. The van der Waals surface area contributed by atoms with Crippen molar-refractivity contribution >= 4 is 23.9 Å². The van der Waals surface area contributed by atoms with Gasteiger partial charge < -0.3 is 28.4 Å². The SMILES string of the molecule is C=C(C)C(=O)OCCCCCCOc1ccc(C(=O)Oc2cc(F)c(OC(=O)c3ccc(OCCCCCCOC(=O)C(=C)C)cc3)cc2F)cc1. The van der Waals surface area contributed by atoms with Gasteiger partial charge in [-0.1, -0.05) is 13.2 Å². The molecule has 0 N–H and O–H groups in total. The molecule has 0 saturated heterocycles. The maximum absolute atomic E-state index is 14.8. The third-order valence-corrected chi connectivity index (χ3v) is 7.35. The quantitative estimate of drug-likeness (QED) is 0.0432. The smallest absolute Gasteiger partial charge is 0.343 e. The van der Waals surface area contributed by atoms with Crippen LogP contribution in [0.1, 0.15) is 85.9 Å². The molecule has 0 aliphatic carbocycles. The first-order chi connectivity index (χ1) is 24.9. The first-order valence-electron chi connectivity index (χ1n) is 17.0. The van der Waals surface area contributed by atoms with E-state index in [4.69, 9.17) is 28.4 Å². The molecule has 12 heteroatoms.